The molecule has 7 heteroatoms. The first kappa shape index (κ1) is 22.2. The fourth-order valence-corrected chi connectivity index (χ4v) is 5.56. The van der Waals surface area contributed by atoms with Crippen molar-refractivity contribution < 1.29 is 4.79 Å². The van der Waals surface area contributed by atoms with E-state index in [1.54, 1.807) is 6.08 Å². The van der Waals surface area contributed by atoms with Crippen molar-refractivity contribution in [1.82, 2.24) is 9.58 Å². The van der Waals surface area contributed by atoms with Gasteiger partial charge in [0.1, 0.15) is 5.04 Å². The molecule has 3 heterocycles. The summed E-state index contributed by atoms with van der Waals surface area (Å²) in [5.74, 6) is -0.386. The van der Waals surface area contributed by atoms with E-state index in [0.717, 1.165) is 44.2 Å². The standard InChI is InChI=1S/C29H23N5OS/c1-17-11-13-21(14-12-17)28-32-34-26(30)24(27(35)31-29(34)36-28)16-22-15-18(2)33(19(22)3)25-10-6-8-20-7-4-5-9-23(20)25/h4-16,30H,1-3H3/b24-16+,30-26?. The first-order valence-corrected chi connectivity index (χ1v) is 12.5. The van der Waals surface area contributed by atoms with E-state index in [4.69, 9.17) is 5.41 Å². The van der Waals surface area contributed by atoms with Crippen LogP contribution in [0, 0.1) is 26.2 Å². The van der Waals surface area contributed by atoms with Gasteiger partial charge in [0, 0.05) is 22.3 Å². The van der Waals surface area contributed by atoms with E-state index in [1.165, 1.54) is 22.2 Å². The summed E-state index contributed by atoms with van der Waals surface area (Å²) in [7, 11) is 0. The summed E-state index contributed by atoms with van der Waals surface area (Å²) in [5.41, 5.74) is 6.32. The van der Waals surface area contributed by atoms with E-state index in [1.807, 2.05) is 56.3 Å². The Kier molecular flexibility index (Phi) is 5.23. The van der Waals surface area contributed by atoms with Crippen LogP contribution in [-0.4, -0.2) is 31.5 Å². The van der Waals surface area contributed by atoms with E-state index in [2.05, 4.69) is 51.9 Å². The molecular formula is C29H23N5OS. The van der Waals surface area contributed by atoms with Crippen LogP contribution in [0.5, 0.6) is 0 Å². The Balaban J connectivity index is 1.39. The minimum absolute atomic E-state index is 0.0366. The van der Waals surface area contributed by atoms with Crippen LogP contribution in [0.25, 0.3) is 22.5 Å². The normalized spacial score (nSPS) is 16.5. The number of carbonyl (C=O) groups is 1. The predicted octanol–water partition coefficient (Wildman–Crippen LogP) is 6.22. The third kappa shape index (κ3) is 3.60. The van der Waals surface area contributed by atoms with Gasteiger partial charge in [-0.1, -0.05) is 66.2 Å². The number of nitrogens with zero attached hydrogens (tertiary/aromatic N) is 4. The van der Waals surface area contributed by atoms with Gasteiger partial charge >= 0.3 is 0 Å². The number of carbonyl (C=O) groups excluding carboxylic acids is 1. The number of amidine groups is 2. The maximum absolute atomic E-state index is 13.0. The Hall–Kier alpha value is -4.23. The number of rotatable bonds is 3. The molecule has 1 amide bonds. The van der Waals surface area contributed by atoms with Crippen molar-refractivity contribution in [2.24, 2.45) is 10.1 Å². The first-order chi connectivity index (χ1) is 17.4. The van der Waals surface area contributed by atoms with Crippen LogP contribution in [-0.2, 0) is 4.79 Å². The molecule has 2 aliphatic heterocycles. The van der Waals surface area contributed by atoms with Crippen molar-refractivity contribution in [3.05, 3.63) is 106 Å². The van der Waals surface area contributed by atoms with Crippen molar-refractivity contribution in [2.75, 3.05) is 0 Å². The molecule has 1 aromatic heterocycles. The fourth-order valence-electron chi connectivity index (χ4n) is 4.67. The zero-order valence-corrected chi connectivity index (χ0v) is 20.9. The number of hydrazone groups is 1. The lowest BCUT2D eigenvalue weighted by Crippen LogP contribution is -2.35. The molecule has 0 radical (unpaired) electrons. The molecule has 0 atom stereocenters. The smallest absolute Gasteiger partial charge is 0.283 e. The van der Waals surface area contributed by atoms with Crippen LogP contribution < -0.4 is 0 Å². The van der Waals surface area contributed by atoms with Crippen molar-refractivity contribution in [1.29, 1.82) is 5.41 Å². The summed E-state index contributed by atoms with van der Waals surface area (Å²) in [6.07, 6.45) is 1.76. The molecule has 3 aromatic carbocycles. The molecule has 0 aliphatic carbocycles. The summed E-state index contributed by atoms with van der Waals surface area (Å²) in [6, 6.07) is 24.6. The Labute approximate surface area is 213 Å². The number of nitrogens with one attached hydrogen (secondary N) is 1. The molecule has 0 bridgehead atoms. The molecule has 0 unspecified atom stereocenters. The van der Waals surface area contributed by atoms with Gasteiger partial charge in [-0.25, -0.2) is 0 Å². The van der Waals surface area contributed by atoms with Crippen molar-refractivity contribution in [3.8, 4) is 5.69 Å². The number of aryl methyl sites for hydroxylation is 2. The third-order valence-electron chi connectivity index (χ3n) is 6.53. The van der Waals surface area contributed by atoms with Crippen LogP contribution in [0.1, 0.15) is 28.1 Å². The highest BCUT2D eigenvalue weighted by Crippen LogP contribution is 2.33. The van der Waals surface area contributed by atoms with Crippen LogP contribution in [0.4, 0.5) is 0 Å². The van der Waals surface area contributed by atoms with Crippen LogP contribution in [0.2, 0.25) is 0 Å². The van der Waals surface area contributed by atoms with Gasteiger partial charge in [-0.2, -0.15) is 15.1 Å². The van der Waals surface area contributed by atoms with Crippen LogP contribution in [0.3, 0.4) is 0 Å². The van der Waals surface area contributed by atoms with E-state index >= 15 is 0 Å². The Bertz CT molecular complexity index is 1670. The molecule has 0 saturated heterocycles. The highest BCUT2D eigenvalue weighted by Gasteiger charge is 2.36. The Morgan fingerprint density at radius 3 is 2.50 bits per heavy atom. The van der Waals surface area contributed by atoms with Gasteiger partial charge in [0.2, 0.25) is 5.17 Å². The number of hydrogen-bond donors (Lipinski definition) is 1. The average molecular weight is 490 g/mol. The summed E-state index contributed by atoms with van der Waals surface area (Å²) >= 11 is 1.31. The minimum Gasteiger partial charge on any atom is -0.317 e. The maximum atomic E-state index is 13.0. The van der Waals surface area contributed by atoms with Crippen molar-refractivity contribution >= 4 is 50.6 Å². The highest BCUT2D eigenvalue weighted by atomic mass is 32.2. The average Bonchev–Trinajstić information content (AvgIpc) is 3.42. The number of aromatic nitrogens is 1. The molecule has 1 N–H and O–H groups in total. The van der Waals surface area contributed by atoms with Crippen LogP contribution in [0.15, 0.2) is 88.5 Å². The molecule has 2 aliphatic rings. The number of aliphatic imine (C=N–C) groups is 1. The van der Waals surface area contributed by atoms with Gasteiger partial charge in [0.25, 0.3) is 5.91 Å². The number of hydrogen-bond acceptors (Lipinski definition) is 4. The summed E-state index contributed by atoms with van der Waals surface area (Å²) in [6.45, 7) is 6.12. The maximum Gasteiger partial charge on any atom is 0.283 e. The first-order valence-electron chi connectivity index (χ1n) is 11.6. The van der Waals surface area contributed by atoms with Gasteiger partial charge in [-0.05, 0) is 61.7 Å². The second-order valence-corrected chi connectivity index (χ2v) is 9.91. The summed E-state index contributed by atoms with van der Waals surface area (Å²) in [5, 5.41) is 18.3. The van der Waals surface area contributed by atoms with E-state index in [-0.39, 0.29) is 11.4 Å². The number of benzene rings is 3. The Morgan fingerprint density at radius 2 is 1.69 bits per heavy atom. The Morgan fingerprint density at radius 1 is 0.944 bits per heavy atom. The van der Waals surface area contributed by atoms with Gasteiger partial charge in [0.05, 0.1) is 11.3 Å². The lowest BCUT2D eigenvalue weighted by Gasteiger charge is -2.20. The van der Waals surface area contributed by atoms with Crippen LogP contribution >= 0.6 is 11.8 Å². The van der Waals surface area contributed by atoms with Gasteiger partial charge in [-0.15, -0.1) is 0 Å². The second-order valence-electron chi connectivity index (χ2n) is 8.95. The SMILES string of the molecule is Cc1ccc(C2=NN3C(=N)/C(=C\c4cc(C)n(-c5cccc6ccccc56)c4C)C(=O)N=C3S2)cc1. The lowest BCUT2D eigenvalue weighted by atomic mass is 10.1. The van der Waals surface area contributed by atoms with Crippen molar-refractivity contribution in [2.45, 2.75) is 20.8 Å². The van der Waals surface area contributed by atoms with E-state index < -0.39 is 5.91 Å². The molecular weight excluding hydrogens is 466 g/mol. The number of fused-ring (bicyclic) bond motifs is 2. The van der Waals surface area contributed by atoms with Gasteiger partial charge in [-0.3, -0.25) is 10.2 Å². The summed E-state index contributed by atoms with van der Waals surface area (Å²) in [4.78, 5) is 17.3. The fraction of sp³-hybridized carbons (Fsp3) is 0.103. The molecule has 6 nitrogen and oxygen atoms in total. The highest BCUT2D eigenvalue weighted by molar-refractivity contribution is 8.27. The molecule has 176 valence electrons. The summed E-state index contributed by atoms with van der Waals surface area (Å²) < 4.78 is 2.19. The zero-order chi connectivity index (χ0) is 25.0. The molecule has 4 aromatic rings. The van der Waals surface area contributed by atoms with E-state index in [0.29, 0.717) is 5.17 Å². The van der Waals surface area contributed by atoms with Gasteiger partial charge in [0.15, 0.2) is 5.84 Å². The molecule has 36 heavy (non-hydrogen) atoms. The third-order valence-corrected chi connectivity index (χ3v) is 7.49. The van der Waals surface area contributed by atoms with Gasteiger partial charge < -0.3 is 4.57 Å². The number of thioether (sulfide) groups is 1. The molecule has 0 fully saturated rings. The topological polar surface area (TPSA) is 73.8 Å². The number of amides is 1. The monoisotopic (exact) mass is 489 g/mol. The molecule has 0 spiro atoms. The largest absolute Gasteiger partial charge is 0.317 e. The quantitative estimate of drug-likeness (QED) is 0.347. The molecule has 0 saturated carbocycles. The minimum atomic E-state index is -0.422. The van der Waals surface area contributed by atoms with Crippen molar-refractivity contribution in [3.63, 3.8) is 0 Å². The molecule has 6 rings (SSSR count). The second kappa shape index (κ2) is 8.46. The van der Waals surface area contributed by atoms with E-state index in [9.17, 15) is 4.79 Å². The predicted molar refractivity (Wildman–Crippen MR) is 148 cm³/mol. The lowest BCUT2D eigenvalue weighted by molar-refractivity contribution is -0.114. The zero-order valence-electron chi connectivity index (χ0n) is 20.1.